The molecule has 0 spiro atoms. The van der Waals surface area contributed by atoms with Gasteiger partial charge in [0.2, 0.25) is 0 Å². The quantitative estimate of drug-likeness (QED) is 0.112. The van der Waals surface area contributed by atoms with E-state index in [2.05, 4.69) is 6.08 Å². The van der Waals surface area contributed by atoms with Gasteiger partial charge in [0.25, 0.3) is 6.71 Å². The Hall–Kier alpha value is -5.94. The molecule has 1 N–H and O–H groups in total. The van der Waals surface area contributed by atoms with E-state index in [4.69, 9.17) is 9.73 Å². The minimum absolute atomic E-state index is 0.105. The number of rotatable bonds is 9. The Morgan fingerprint density at radius 3 is 1.67 bits per heavy atom. The second-order valence-corrected chi connectivity index (χ2v) is 10.5. The molecule has 0 fully saturated rings. The van der Waals surface area contributed by atoms with Crippen LogP contribution in [0, 0.1) is 0 Å². The van der Waals surface area contributed by atoms with Crippen LogP contribution < -0.4 is 10.9 Å². The summed E-state index contributed by atoms with van der Waals surface area (Å²) in [7, 11) is 0. The second-order valence-electron chi connectivity index (χ2n) is 10.5. The summed E-state index contributed by atoms with van der Waals surface area (Å²) >= 11 is 0. The fourth-order valence-corrected chi connectivity index (χ4v) is 5.35. The predicted octanol–water partition coefficient (Wildman–Crippen LogP) is 7.33. The van der Waals surface area contributed by atoms with Crippen LogP contribution in [0.2, 0.25) is 0 Å². The van der Waals surface area contributed by atoms with Crippen molar-refractivity contribution in [1.29, 1.82) is 0 Å². The molecular formula is C40H30BNO3. The topological polar surface area (TPSA) is 58.9 Å². The number of aliphatic carboxylic acids is 1. The number of carbonyl (C=O) groups is 1. The van der Waals surface area contributed by atoms with E-state index in [0.717, 1.165) is 38.8 Å². The maximum Gasteiger partial charge on any atom is 0.354 e. The lowest BCUT2D eigenvalue weighted by Crippen LogP contribution is -2.49. The Labute approximate surface area is 263 Å². The molecule has 5 heteroatoms. The van der Waals surface area contributed by atoms with E-state index >= 15 is 0 Å². The SMILES string of the molecule is O=C(O)C(=CC=C1OC=C(c2ccccc2)C=C1c1ccccc1)N=C(B(c1ccccc1)c1ccccc1)c1ccccc1. The number of nitrogens with zero attached hydrogens (tertiary/aromatic N) is 1. The second kappa shape index (κ2) is 14.0. The van der Waals surface area contributed by atoms with Crippen molar-refractivity contribution in [2.45, 2.75) is 0 Å². The third kappa shape index (κ3) is 7.01. The number of allylic oxidation sites excluding steroid dienone is 5. The maximum atomic E-state index is 12.8. The number of carboxylic acids is 1. The summed E-state index contributed by atoms with van der Waals surface area (Å²) < 4.78 is 6.16. The van der Waals surface area contributed by atoms with Gasteiger partial charge >= 0.3 is 5.97 Å². The lowest BCUT2D eigenvalue weighted by molar-refractivity contribution is -0.132. The lowest BCUT2D eigenvalue weighted by Gasteiger charge is -2.19. The summed E-state index contributed by atoms with van der Waals surface area (Å²) in [5, 5.41) is 10.4. The van der Waals surface area contributed by atoms with Crippen molar-refractivity contribution in [3.8, 4) is 0 Å². The molecule has 4 nitrogen and oxygen atoms in total. The monoisotopic (exact) mass is 583 g/mol. The molecule has 0 amide bonds. The summed E-state index contributed by atoms with van der Waals surface area (Å²) in [5.41, 5.74) is 7.14. The first kappa shape index (κ1) is 29.2. The Bertz CT molecular complexity index is 1870. The van der Waals surface area contributed by atoms with Gasteiger partial charge in [-0.25, -0.2) is 4.79 Å². The third-order valence-corrected chi connectivity index (χ3v) is 7.53. The van der Waals surface area contributed by atoms with Crippen molar-refractivity contribution in [2.75, 3.05) is 0 Å². The van der Waals surface area contributed by atoms with E-state index < -0.39 is 5.97 Å². The molecular weight excluding hydrogens is 553 g/mol. The van der Waals surface area contributed by atoms with E-state index in [1.54, 1.807) is 12.3 Å². The molecule has 0 saturated carbocycles. The summed E-state index contributed by atoms with van der Waals surface area (Å²) in [6.07, 6.45) is 6.97. The Kier molecular flexibility index (Phi) is 9.08. The molecule has 5 aromatic carbocycles. The first-order valence-corrected chi connectivity index (χ1v) is 14.8. The van der Waals surface area contributed by atoms with Gasteiger partial charge in [0, 0.05) is 16.8 Å². The van der Waals surface area contributed by atoms with E-state index in [9.17, 15) is 9.90 Å². The van der Waals surface area contributed by atoms with Crippen LogP contribution in [0.15, 0.2) is 193 Å². The smallest absolute Gasteiger partial charge is 0.354 e. The number of aliphatic imine (C=N–C) groups is 1. The standard InChI is InChI=1S/C40H30BNO3/c43-40(44)37(26-27-38-36(31-18-8-2-9-19-31)28-33(29-45-38)30-16-6-1-7-17-30)42-39(32-20-10-3-11-21-32)41(34-22-12-4-13-23-34)35-24-14-5-15-25-35/h1-29H,(H,43,44). The van der Waals surface area contributed by atoms with Crippen molar-refractivity contribution in [3.63, 3.8) is 0 Å². The highest BCUT2D eigenvalue weighted by molar-refractivity contribution is 7.10. The molecule has 1 heterocycles. The van der Waals surface area contributed by atoms with E-state index in [1.165, 1.54) is 6.08 Å². The Morgan fingerprint density at radius 1 is 0.644 bits per heavy atom. The molecule has 0 radical (unpaired) electrons. The predicted molar refractivity (Wildman–Crippen MR) is 185 cm³/mol. The molecule has 0 saturated heterocycles. The number of carboxylic acid groups (broad SMARTS) is 1. The fourth-order valence-electron chi connectivity index (χ4n) is 5.35. The van der Waals surface area contributed by atoms with Gasteiger partial charge in [-0.05, 0) is 34.9 Å². The van der Waals surface area contributed by atoms with Crippen LogP contribution in [0.5, 0.6) is 0 Å². The summed E-state index contributed by atoms with van der Waals surface area (Å²) in [4.78, 5) is 17.6. The zero-order chi connectivity index (χ0) is 30.8. The maximum absolute atomic E-state index is 12.8. The Morgan fingerprint density at radius 2 is 1.13 bits per heavy atom. The normalized spacial score (nSPS) is 14.3. The van der Waals surface area contributed by atoms with Crippen molar-refractivity contribution in [1.82, 2.24) is 0 Å². The zero-order valence-electron chi connectivity index (χ0n) is 24.5. The molecule has 0 aromatic heterocycles. The third-order valence-electron chi connectivity index (χ3n) is 7.53. The Balaban J connectivity index is 1.48. The number of benzene rings is 5. The molecule has 45 heavy (non-hydrogen) atoms. The molecule has 0 unspecified atom stereocenters. The van der Waals surface area contributed by atoms with E-state index in [0.29, 0.717) is 11.4 Å². The van der Waals surface area contributed by atoms with Gasteiger partial charge < -0.3 is 9.84 Å². The number of hydrogen-bond acceptors (Lipinski definition) is 3. The molecule has 0 atom stereocenters. The van der Waals surface area contributed by atoms with Gasteiger partial charge in [0.15, 0.2) is 0 Å². The van der Waals surface area contributed by atoms with Crippen LogP contribution in [-0.4, -0.2) is 23.4 Å². The van der Waals surface area contributed by atoms with Crippen molar-refractivity contribution < 1.29 is 14.6 Å². The minimum atomic E-state index is -1.14. The molecule has 5 aromatic rings. The highest BCUT2D eigenvalue weighted by Gasteiger charge is 2.28. The zero-order valence-corrected chi connectivity index (χ0v) is 24.5. The van der Waals surface area contributed by atoms with Crippen molar-refractivity contribution in [2.24, 2.45) is 4.99 Å². The van der Waals surface area contributed by atoms with E-state index in [-0.39, 0.29) is 12.4 Å². The lowest BCUT2D eigenvalue weighted by atomic mass is 9.36. The molecule has 0 bridgehead atoms. The molecule has 1 aliphatic heterocycles. The van der Waals surface area contributed by atoms with Gasteiger partial charge in [0.05, 0.1) is 6.26 Å². The summed E-state index contributed by atoms with van der Waals surface area (Å²) in [5.74, 6) is -0.611. The number of hydrogen-bond donors (Lipinski definition) is 1. The van der Waals surface area contributed by atoms with Crippen LogP contribution in [0.3, 0.4) is 0 Å². The van der Waals surface area contributed by atoms with Crippen molar-refractivity contribution >= 4 is 40.4 Å². The average Bonchev–Trinajstić information content (AvgIpc) is 3.11. The van der Waals surface area contributed by atoms with Crippen LogP contribution >= 0.6 is 0 Å². The van der Waals surface area contributed by atoms with Gasteiger partial charge in [0.1, 0.15) is 11.5 Å². The minimum Gasteiger partial charge on any atom is -0.477 e. The summed E-state index contributed by atoms with van der Waals surface area (Å²) in [6, 6.07) is 49.7. The first-order chi connectivity index (χ1) is 22.2. The van der Waals surface area contributed by atoms with Gasteiger partial charge in [-0.1, -0.05) is 163 Å². The fraction of sp³-hybridized carbons (Fsp3) is 0. The van der Waals surface area contributed by atoms with Crippen LogP contribution in [-0.2, 0) is 9.53 Å². The molecule has 1 aliphatic rings. The van der Waals surface area contributed by atoms with E-state index in [1.807, 2.05) is 152 Å². The highest BCUT2D eigenvalue weighted by Crippen LogP contribution is 2.33. The number of ether oxygens (including phenoxy) is 1. The van der Waals surface area contributed by atoms with Gasteiger partial charge in [-0.15, -0.1) is 0 Å². The van der Waals surface area contributed by atoms with Crippen LogP contribution in [0.1, 0.15) is 16.7 Å². The largest absolute Gasteiger partial charge is 0.477 e. The summed E-state index contributed by atoms with van der Waals surface area (Å²) in [6.45, 7) is -0.299. The highest BCUT2D eigenvalue weighted by atomic mass is 16.5. The molecule has 0 aliphatic carbocycles. The van der Waals surface area contributed by atoms with Crippen LogP contribution in [0.4, 0.5) is 0 Å². The first-order valence-electron chi connectivity index (χ1n) is 14.8. The van der Waals surface area contributed by atoms with Crippen molar-refractivity contribution in [3.05, 3.63) is 204 Å². The van der Waals surface area contributed by atoms with Gasteiger partial charge in [-0.2, -0.15) is 0 Å². The molecule has 6 rings (SSSR count). The molecule has 216 valence electrons. The van der Waals surface area contributed by atoms with Gasteiger partial charge in [-0.3, -0.25) is 4.99 Å². The van der Waals surface area contributed by atoms with Crippen LogP contribution in [0.25, 0.3) is 11.1 Å². The average molecular weight is 583 g/mol.